The van der Waals surface area contributed by atoms with Crippen LogP contribution in [0.25, 0.3) is 11.1 Å². The molecule has 58 heavy (non-hydrogen) atoms. The molecule has 0 amide bonds. The Kier molecular flexibility index (Phi) is 8.82. The summed E-state index contributed by atoms with van der Waals surface area (Å²) in [6.07, 6.45) is 13.8. The summed E-state index contributed by atoms with van der Waals surface area (Å²) in [5.74, 6) is -0.897. The largest absolute Gasteiger partial charge is 0.482 e. The molecule has 2 atom stereocenters. The average molecular weight is 771 g/mol. The van der Waals surface area contributed by atoms with Gasteiger partial charge in [-0.15, -0.1) is 0 Å². The lowest BCUT2D eigenvalue weighted by atomic mass is 9.85. The van der Waals surface area contributed by atoms with Crippen molar-refractivity contribution in [2.75, 3.05) is 9.80 Å². The molecule has 0 radical (unpaired) electrons. The monoisotopic (exact) mass is 770 g/mol. The van der Waals surface area contributed by atoms with Crippen LogP contribution < -0.4 is 19.3 Å². The van der Waals surface area contributed by atoms with Crippen molar-refractivity contribution in [3.05, 3.63) is 227 Å². The van der Waals surface area contributed by atoms with Gasteiger partial charge in [0.2, 0.25) is 0 Å². The van der Waals surface area contributed by atoms with Crippen LogP contribution in [-0.4, -0.2) is 12.1 Å². The molecule has 2 unspecified atom stereocenters. The summed E-state index contributed by atoms with van der Waals surface area (Å²) in [5.41, 5.74) is 6.73. The number of allylic oxidation sites excluding steroid dienone is 4. The van der Waals surface area contributed by atoms with Gasteiger partial charge in [0.25, 0.3) is 0 Å². The third-order valence-electron chi connectivity index (χ3n) is 10.8. The van der Waals surface area contributed by atoms with Crippen LogP contribution in [0.2, 0.25) is 0 Å². The quantitative estimate of drug-likeness (QED) is 0.124. The van der Waals surface area contributed by atoms with E-state index in [1.54, 1.807) is 0 Å². The van der Waals surface area contributed by atoms with Crippen molar-refractivity contribution < 1.29 is 27.0 Å². The molecular formula is C50H34F4N2O2. The number of hydrogen-bond acceptors (Lipinski definition) is 4. The third kappa shape index (κ3) is 6.36. The maximum atomic E-state index is 15.2. The zero-order valence-corrected chi connectivity index (χ0v) is 31.0. The first-order valence-corrected chi connectivity index (χ1v) is 19.1. The van der Waals surface area contributed by atoms with Gasteiger partial charge in [-0.05, 0) is 131 Å². The molecule has 0 aromatic heterocycles. The Balaban J connectivity index is 1.15. The molecule has 4 nitrogen and oxygen atoms in total. The van der Waals surface area contributed by atoms with E-state index in [0.717, 1.165) is 70.7 Å². The van der Waals surface area contributed by atoms with Gasteiger partial charge in [-0.1, -0.05) is 72.8 Å². The molecule has 0 bridgehead atoms. The fourth-order valence-electron chi connectivity index (χ4n) is 8.35. The van der Waals surface area contributed by atoms with Gasteiger partial charge in [0, 0.05) is 23.5 Å². The van der Waals surface area contributed by atoms with Crippen LogP contribution in [0.4, 0.5) is 40.3 Å². The maximum Gasteiger partial charge on any atom is 0.151 e. The number of anilines is 4. The van der Waals surface area contributed by atoms with Gasteiger partial charge < -0.3 is 19.3 Å². The Hall–Kier alpha value is -7.06. The first kappa shape index (κ1) is 35.4. The molecule has 4 aliphatic rings. The molecule has 6 aromatic carbocycles. The highest BCUT2D eigenvalue weighted by Gasteiger charge is 2.35. The normalized spacial score (nSPS) is 18.1. The van der Waals surface area contributed by atoms with Crippen molar-refractivity contribution in [1.29, 1.82) is 0 Å². The van der Waals surface area contributed by atoms with Gasteiger partial charge in [0.15, 0.2) is 5.75 Å². The van der Waals surface area contributed by atoms with Crippen LogP contribution >= 0.6 is 0 Å². The van der Waals surface area contributed by atoms with Gasteiger partial charge in [0.1, 0.15) is 40.9 Å². The van der Waals surface area contributed by atoms with E-state index in [4.69, 9.17) is 9.47 Å². The van der Waals surface area contributed by atoms with E-state index in [2.05, 4.69) is 28.0 Å². The van der Waals surface area contributed by atoms with E-state index in [-0.39, 0.29) is 23.3 Å². The molecular weight excluding hydrogens is 737 g/mol. The SMILES string of the molecule is Fc1cc(F)cc(/C(=C(\c2ccc(N3c4ccccc4OC4C=CC=CC43)cc2)c2cc(F)cc(F)c2)c2ccc(N3C4=CCCC=C4Oc4ccccc43)cc2)c1. The lowest BCUT2D eigenvalue weighted by Gasteiger charge is -2.42. The first-order chi connectivity index (χ1) is 28.4. The van der Waals surface area contributed by atoms with E-state index >= 15 is 17.6 Å². The summed E-state index contributed by atoms with van der Waals surface area (Å²) in [6.45, 7) is 0. The number of rotatable bonds is 6. The Morgan fingerprint density at radius 2 is 1.05 bits per heavy atom. The number of benzene rings is 6. The molecule has 2 aliphatic heterocycles. The third-order valence-corrected chi connectivity index (χ3v) is 10.8. The summed E-state index contributed by atoms with van der Waals surface area (Å²) in [5, 5.41) is 0. The molecule has 10 rings (SSSR count). The molecule has 0 fully saturated rings. The smallest absolute Gasteiger partial charge is 0.151 e. The van der Waals surface area contributed by atoms with Gasteiger partial charge in [0.05, 0.1) is 23.1 Å². The second-order valence-corrected chi connectivity index (χ2v) is 14.5. The Morgan fingerprint density at radius 3 is 1.69 bits per heavy atom. The fraction of sp³-hybridized carbons (Fsp3) is 0.0800. The predicted octanol–water partition coefficient (Wildman–Crippen LogP) is 12.7. The number of halogens is 4. The van der Waals surface area contributed by atoms with Crippen LogP contribution in [-0.2, 0) is 0 Å². The summed E-state index contributed by atoms with van der Waals surface area (Å²) in [4.78, 5) is 4.33. The van der Waals surface area contributed by atoms with Crippen molar-refractivity contribution in [3.63, 3.8) is 0 Å². The minimum Gasteiger partial charge on any atom is -0.482 e. The highest BCUT2D eigenvalue weighted by molar-refractivity contribution is 6.05. The molecule has 284 valence electrons. The highest BCUT2D eigenvalue weighted by Crippen LogP contribution is 2.47. The van der Waals surface area contributed by atoms with E-state index in [0.29, 0.717) is 22.3 Å². The van der Waals surface area contributed by atoms with E-state index in [1.165, 1.54) is 24.3 Å². The summed E-state index contributed by atoms with van der Waals surface area (Å²) >= 11 is 0. The molecule has 0 spiro atoms. The highest BCUT2D eigenvalue weighted by atomic mass is 19.1. The zero-order chi connectivity index (χ0) is 39.3. The fourth-order valence-corrected chi connectivity index (χ4v) is 8.35. The topological polar surface area (TPSA) is 24.9 Å². The van der Waals surface area contributed by atoms with Gasteiger partial charge in [-0.3, -0.25) is 0 Å². The number of fused-ring (bicyclic) bond motifs is 4. The summed E-state index contributed by atoms with van der Waals surface area (Å²) in [7, 11) is 0. The average Bonchev–Trinajstić information content (AvgIpc) is 3.23. The minimum absolute atomic E-state index is 0.128. The van der Waals surface area contributed by atoms with E-state index < -0.39 is 23.3 Å². The number of ether oxygens (including phenoxy) is 2. The van der Waals surface area contributed by atoms with Crippen molar-refractivity contribution in [3.8, 4) is 11.5 Å². The van der Waals surface area contributed by atoms with Crippen molar-refractivity contribution >= 4 is 33.9 Å². The number of nitrogens with zero attached hydrogens (tertiary/aromatic N) is 2. The lowest BCUT2D eigenvalue weighted by molar-refractivity contribution is 0.218. The molecule has 0 saturated carbocycles. The van der Waals surface area contributed by atoms with Gasteiger partial charge in [-0.2, -0.15) is 0 Å². The van der Waals surface area contributed by atoms with E-state index in [1.807, 2.05) is 115 Å². The standard InChI is InChI=1S/C50H34F4N2O2/c51-35-25-33(26-36(52)29-35)49(31-17-21-39(22-18-31)55-41-9-1-5-13-45(41)57-46-14-6-2-10-42(46)55)50(34-27-37(53)30-38(54)28-34)32-19-23-40(24-20-32)56-43-11-3-7-15-47(43)58-48-16-8-4-12-44(48)56/h1-3,5-7,9-30,41,45H,4,8H2/b50-49+. The second-order valence-electron chi connectivity index (χ2n) is 14.5. The molecule has 2 heterocycles. The minimum atomic E-state index is -0.784. The van der Waals surface area contributed by atoms with Crippen LogP contribution in [0.15, 0.2) is 181 Å². The van der Waals surface area contributed by atoms with Gasteiger partial charge >= 0.3 is 0 Å². The molecule has 0 N–H and O–H groups in total. The van der Waals surface area contributed by atoms with Crippen molar-refractivity contribution in [2.24, 2.45) is 0 Å². The van der Waals surface area contributed by atoms with Crippen molar-refractivity contribution in [1.82, 2.24) is 0 Å². The van der Waals surface area contributed by atoms with E-state index in [9.17, 15) is 0 Å². The second kappa shape index (κ2) is 14.5. The lowest BCUT2D eigenvalue weighted by Crippen LogP contribution is -2.46. The molecule has 2 aliphatic carbocycles. The first-order valence-electron chi connectivity index (χ1n) is 19.1. The van der Waals surface area contributed by atoms with Crippen LogP contribution in [0.3, 0.4) is 0 Å². The summed E-state index contributed by atoms with van der Waals surface area (Å²) in [6, 6.07) is 37.4. The predicted molar refractivity (Wildman–Crippen MR) is 220 cm³/mol. The van der Waals surface area contributed by atoms with Crippen LogP contribution in [0, 0.1) is 23.3 Å². The maximum absolute atomic E-state index is 15.2. The molecule has 6 aromatic rings. The van der Waals surface area contributed by atoms with Gasteiger partial charge in [-0.25, -0.2) is 17.6 Å². The number of para-hydroxylation sites is 4. The van der Waals surface area contributed by atoms with Crippen LogP contribution in [0.1, 0.15) is 35.1 Å². The van der Waals surface area contributed by atoms with Crippen LogP contribution in [0.5, 0.6) is 11.5 Å². The molecule has 0 saturated heterocycles. The summed E-state index contributed by atoms with van der Waals surface area (Å²) < 4.78 is 73.3. The Bertz CT molecular complexity index is 2710. The van der Waals surface area contributed by atoms with Crippen molar-refractivity contribution in [2.45, 2.75) is 25.0 Å². The molecule has 8 heteroatoms. The Morgan fingerprint density at radius 1 is 0.517 bits per heavy atom. The Labute approximate surface area is 333 Å². The zero-order valence-electron chi connectivity index (χ0n) is 31.0. The number of hydrogen-bond donors (Lipinski definition) is 0.